The minimum atomic E-state index is -0.312. The van der Waals surface area contributed by atoms with Gasteiger partial charge in [-0.05, 0) is 30.2 Å². The van der Waals surface area contributed by atoms with E-state index in [2.05, 4.69) is 23.8 Å². The Balaban J connectivity index is 1.54. The maximum absolute atomic E-state index is 13.2. The number of amides is 2. The maximum atomic E-state index is 13.2. The van der Waals surface area contributed by atoms with E-state index in [1.54, 1.807) is 26.6 Å². The van der Waals surface area contributed by atoms with Crippen LogP contribution in [0, 0.1) is 5.92 Å². The van der Waals surface area contributed by atoms with Crippen molar-refractivity contribution in [2.45, 2.75) is 26.6 Å². The number of rotatable bonds is 6. The number of imidazole rings is 1. The van der Waals surface area contributed by atoms with E-state index < -0.39 is 0 Å². The zero-order valence-corrected chi connectivity index (χ0v) is 17.8. The molecule has 2 amide bonds. The number of carbonyl (C=O) groups is 2. The summed E-state index contributed by atoms with van der Waals surface area (Å²) >= 11 is 0. The first-order valence-corrected chi connectivity index (χ1v) is 10.5. The molecule has 0 spiro atoms. The molecular formula is C23H27N5O3. The summed E-state index contributed by atoms with van der Waals surface area (Å²) in [5, 5.41) is 0. The van der Waals surface area contributed by atoms with Gasteiger partial charge < -0.3 is 18.9 Å². The number of carbonyl (C=O) groups excluding carboxylic acids is 2. The summed E-state index contributed by atoms with van der Waals surface area (Å²) < 4.78 is 7.91. The molecule has 1 aliphatic heterocycles. The van der Waals surface area contributed by atoms with Gasteiger partial charge >= 0.3 is 0 Å². The second kappa shape index (κ2) is 9.26. The molecule has 1 aliphatic rings. The van der Waals surface area contributed by atoms with Crippen molar-refractivity contribution in [1.29, 1.82) is 0 Å². The zero-order chi connectivity index (χ0) is 21.8. The SMILES string of the molecule is CC(C)CN1C[C@@H](OCc2ccccn2)CN(C(=O)c2cn3ccccc3n2)CC1=O. The predicted octanol–water partition coefficient (Wildman–Crippen LogP) is 2.26. The molecular weight excluding hydrogens is 394 g/mol. The van der Waals surface area contributed by atoms with Crippen LogP contribution in [0.5, 0.6) is 0 Å². The molecule has 4 heterocycles. The molecule has 0 aliphatic carbocycles. The number of pyridine rings is 2. The topological polar surface area (TPSA) is 80.0 Å². The first-order valence-electron chi connectivity index (χ1n) is 10.5. The summed E-state index contributed by atoms with van der Waals surface area (Å²) in [6, 6.07) is 11.3. The van der Waals surface area contributed by atoms with Crippen LogP contribution in [0.1, 0.15) is 30.0 Å². The van der Waals surface area contributed by atoms with Crippen LogP contribution in [0.2, 0.25) is 0 Å². The quantitative estimate of drug-likeness (QED) is 0.610. The van der Waals surface area contributed by atoms with Crippen molar-refractivity contribution < 1.29 is 14.3 Å². The lowest BCUT2D eigenvalue weighted by molar-refractivity contribution is -0.132. The molecule has 0 aromatic carbocycles. The van der Waals surface area contributed by atoms with Crippen molar-refractivity contribution >= 4 is 17.5 Å². The summed E-state index contributed by atoms with van der Waals surface area (Å²) in [6.07, 6.45) is 4.95. The Morgan fingerprint density at radius 1 is 1.19 bits per heavy atom. The van der Waals surface area contributed by atoms with Gasteiger partial charge in [0.1, 0.15) is 17.9 Å². The van der Waals surface area contributed by atoms with Gasteiger partial charge in [0.15, 0.2) is 0 Å². The molecule has 31 heavy (non-hydrogen) atoms. The first-order chi connectivity index (χ1) is 15.0. The number of aromatic nitrogens is 3. The van der Waals surface area contributed by atoms with Crippen LogP contribution < -0.4 is 0 Å². The number of hydrogen-bond donors (Lipinski definition) is 0. The molecule has 1 fully saturated rings. The Hall–Kier alpha value is -3.26. The van der Waals surface area contributed by atoms with Gasteiger partial charge in [-0.1, -0.05) is 26.0 Å². The smallest absolute Gasteiger partial charge is 0.274 e. The molecule has 0 unspecified atom stereocenters. The van der Waals surface area contributed by atoms with E-state index in [-0.39, 0.29) is 24.5 Å². The van der Waals surface area contributed by atoms with E-state index in [1.165, 1.54) is 0 Å². The number of ether oxygens (including phenoxy) is 1. The summed E-state index contributed by atoms with van der Waals surface area (Å²) in [7, 11) is 0. The summed E-state index contributed by atoms with van der Waals surface area (Å²) in [4.78, 5) is 38.2. The van der Waals surface area contributed by atoms with Crippen molar-refractivity contribution in [3.8, 4) is 0 Å². The molecule has 0 saturated carbocycles. The minimum absolute atomic E-state index is 0.0167. The fraction of sp³-hybridized carbons (Fsp3) is 0.391. The largest absolute Gasteiger partial charge is 0.368 e. The van der Waals surface area contributed by atoms with Gasteiger partial charge in [-0.15, -0.1) is 0 Å². The van der Waals surface area contributed by atoms with E-state index in [9.17, 15) is 9.59 Å². The van der Waals surface area contributed by atoms with Crippen LogP contribution in [0.4, 0.5) is 0 Å². The van der Waals surface area contributed by atoms with Crippen molar-refractivity contribution in [2.24, 2.45) is 5.92 Å². The van der Waals surface area contributed by atoms with Gasteiger partial charge in [0.25, 0.3) is 5.91 Å². The highest BCUT2D eigenvalue weighted by molar-refractivity contribution is 5.95. The Morgan fingerprint density at radius 2 is 2.03 bits per heavy atom. The van der Waals surface area contributed by atoms with Crippen LogP contribution >= 0.6 is 0 Å². The maximum Gasteiger partial charge on any atom is 0.274 e. The number of fused-ring (bicyclic) bond motifs is 1. The Morgan fingerprint density at radius 3 is 2.77 bits per heavy atom. The zero-order valence-electron chi connectivity index (χ0n) is 17.8. The molecule has 3 aromatic rings. The van der Waals surface area contributed by atoms with Crippen molar-refractivity contribution in [3.63, 3.8) is 0 Å². The molecule has 3 aromatic heterocycles. The van der Waals surface area contributed by atoms with Gasteiger partial charge in [-0.2, -0.15) is 0 Å². The third-order valence-corrected chi connectivity index (χ3v) is 5.18. The molecule has 162 valence electrons. The molecule has 4 rings (SSSR count). The van der Waals surface area contributed by atoms with Gasteiger partial charge in [-0.25, -0.2) is 4.98 Å². The average Bonchev–Trinajstić information content (AvgIpc) is 3.13. The lowest BCUT2D eigenvalue weighted by Gasteiger charge is -2.25. The van der Waals surface area contributed by atoms with Crippen molar-refractivity contribution in [1.82, 2.24) is 24.2 Å². The number of hydrogen-bond acceptors (Lipinski definition) is 5. The Bertz CT molecular complexity index is 1020. The van der Waals surface area contributed by atoms with Gasteiger partial charge in [0.05, 0.1) is 18.4 Å². The first kappa shape index (κ1) is 21.0. The van der Waals surface area contributed by atoms with Gasteiger partial charge in [0.2, 0.25) is 5.91 Å². The normalized spacial score (nSPS) is 17.4. The van der Waals surface area contributed by atoms with Crippen molar-refractivity contribution in [3.05, 3.63) is 66.4 Å². The number of nitrogens with zero attached hydrogens (tertiary/aromatic N) is 5. The highest BCUT2D eigenvalue weighted by atomic mass is 16.5. The standard InChI is InChI=1S/C23H27N5O3/c1-17(2)11-27-12-19(31-16-18-7-3-5-9-24-18)13-28(15-22(27)29)23(30)20-14-26-10-6-4-8-21(26)25-20/h3-10,14,17,19H,11-13,15-16H2,1-2H3/t19-/m1/s1. The molecule has 0 N–H and O–H groups in total. The fourth-order valence-electron chi connectivity index (χ4n) is 3.74. The average molecular weight is 422 g/mol. The summed E-state index contributed by atoms with van der Waals surface area (Å²) in [5.74, 6) is -0.0225. The van der Waals surface area contributed by atoms with Crippen LogP contribution in [0.15, 0.2) is 55.0 Å². The molecule has 1 atom stereocenters. The van der Waals surface area contributed by atoms with Crippen LogP contribution in [0.3, 0.4) is 0 Å². The molecule has 0 bridgehead atoms. The van der Waals surface area contributed by atoms with Crippen LogP contribution in [0.25, 0.3) is 5.65 Å². The molecule has 8 heteroatoms. The minimum Gasteiger partial charge on any atom is -0.368 e. The highest BCUT2D eigenvalue weighted by Crippen LogP contribution is 2.15. The van der Waals surface area contributed by atoms with E-state index in [0.29, 0.717) is 43.5 Å². The monoisotopic (exact) mass is 421 g/mol. The van der Waals surface area contributed by atoms with Crippen molar-refractivity contribution in [2.75, 3.05) is 26.2 Å². The lowest BCUT2D eigenvalue weighted by Crippen LogP contribution is -2.40. The van der Waals surface area contributed by atoms with E-state index in [0.717, 1.165) is 5.69 Å². The van der Waals surface area contributed by atoms with Gasteiger partial charge in [0, 0.05) is 38.2 Å². The highest BCUT2D eigenvalue weighted by Gasteiger charge is 2.32. The van der Waals surface area contributed by atoms with Crippen LogP contribution in [-0.2, 0) is 16.1 Å². The Labute approximate surface area is 181 Å². The fourth-order valence-corrected chi connectivity index (χ4v) is 3.74. The second-order valence-electron chi connectivity index (χ2n) is 8.22. The van der Waals surface area contributed by atoms with E-state index >= 15 is 0 Å². The lowest BCUT2D eigenvalue weighted by atomic mass is 10.2. The Kier molecular flexibility index (Phi) is 6.27. The molecule has 8 nitrogen and oxygen atoms in total. The second-order valence-corrected chi connectivity index (χ2v) is 8.22. The third-order valence-electron chi connectivity index (χ3n) is 5.18. The predicted molar refractivity (Wildman–Crippen MR) is 115 cm³/mol. The third kappa shape index (κ3) is 5.08. The molecule has 1 saturated heterocycles. The van der Waals surface area contributed by atoms with Crippen LogP contribution in [-0.4, -0.2) is 68.3 Å². The van der Waals surface area contributed by atoms with E-state index in [4.69, 9.17) is 4.74 Å². The summed E-state index contributed by atoms with van der Waals surface area (Å²) in [6.45, 7) is 5.87. The summed E-state index contributed by atoms with van der Waals surface area (Å²) in [5.41, 5.74) is 1.82. The molecule has 0 radical (unpaired) electrons. The van der Waals surface area contributed by atoms with Gasteiger partial charge in [-0.3, -0.25) is 14.6 Å². The van der Waals surface area contributed by atoms with E-state index in [1.807, 2.05) is 42.6 Å².